The Morgan fingerprint density at radius 3 is 2.89 bits per heavy atom. The summed E-state index contributed by atoms with van der Waals surface area (Å²) in [6.07, 6.45) is 1.77. The van der Waals surface area contributed by atoms with Gasteiger partial charge in [0.2, 0.25) is 11.8 Å². The van der Waals surface area contributed by atoms with Gasteiger partial charge in [-0.05, 0) is 61.5 Å². The van der Waals surface area contributed by atoms with E-state index in [4.69, 9.17) is 9.47 Å². The highest BCUT2D eigenvalue weighted by Gasteiger charge is 2.59. The standard InChI is InChI=1S/C28H36F3N3O4/c1-18-9-21-14-33(7-4-23(21)32-13-18)26(36)27-12-19(10-20-5-8-38-16-24(20)37-2)11-22(27)15-34(17-27)25(35)3-6-28(29,30)31/h3,6,9,13,19-20,22,24H,4-5,7-8,10-12,14-17H2,1-2H3/b6-3+/t19-,20?,22+,24?,27+/m1/s1. The molecule has 5 rings (SSSR count). The lowest BCUT2D eigenvalue weighted by molar-refractivity contribution is -0.144. The van der Waals surface area contributed by atoms with E-state index in [2.05, 4.69) is 11.1 Å². The van der Waals surface area contributed by atoms with Gasteiger partial charge in [-0.2, -0.15) is 13.2 Å². The van der Waals surface area contributed by atoms with Crippen LogP contribution >= 0.6 is 0 Å². The zero-order valence-electron chi connectivity index (χ0n) is 22.0. The maximum absolute atomic E-state index is 14.3. The van der Waals surface area contributed by atoms with Crippen molar-refractivity contribution in [2.75, 3.05) is 40.0 Å². The van der Waals surface area contributed by atoms with E-state index in [9.17, 15) is 22.8 Å². The summed E-state index contributed by atoms with van der Waals surface area (Å²) in [4.78, 5) is 34.8. The molecule has 4 heterocycles. The van der Waals surface area contributed by atoms with Crippen LogP contribution in [0.5, 0.6) is 0 Å². The number of amides is 2. The fraction of sp³-hybridized carbons (Fsp3) is 0.679. The van der Waals surface area contributed by atoms with Crippen LogP contribution in [0.25, 0.3) is 0 Å². The average Bonchev–Trinajstić information content (AvgIpc) is 3.41. The zero-order chi connectivity index (χ0) is 27.1. The first-order valence-electron chi connectivity index (χ1n) is 13.5. The Labute approximate surface area is 221 Å². The topological polar surface area (TPSA) is 72.0 Å². The monoisotopic (exact) mass is 535 g/mol. The van der Waals surface area contributed by atoms with E-state index in [1.807, 2.05) is 18.0 Å². The van der Waals surface area contributed by atoms with Crippen LogP contribution in [0.15, 0.2) is 24.4 Å². The van der Waals surface area contributed by atoms with Crippen LogP contribution in [0.4, 0.5) is 13.2 Å². The molecular formula is C28H36F3N3O4. The minimum absolute atomic E-state index is 0.0162. The molecule has 0 bridgehead atoms. The van der Waals surface area contributed by atoms with Crippen molar-refractivity contribution in [1.82, 2.24) is 14.8 Å². The fourth-order valence-electron chi connectivity index (χ4n) is 7.20. The second kappa shape index (κ2) is 10.6. The van der Waals surface area contributed by atoms with Crippen molar-refractivity contribution in [3.63, 3.8) is 0 Å². The van der Waals surface area contributed by atoms with Crippen LogP contribution in [0, 0.1) is 30.1 Å². The number of methoxy groups -OCH3 is 1. The van der Waals surface area contributed by atoms with Crippen molar-refractivity contribution in [2.24, 2.45) is 23.2 Å². The molecule has 0 spiro atoms. The van der Waals surface area contributed by atoms with Gasteiger partial charge in [-0.1, -0.05) is 6.07 Å². The number of hydrogen-bond donors (Lipinski definition) is 0. The van der Waals surface area contributed by atoms with Gasteiger partial charge in [-0.15, -0.1) is 0 Å². The molecule has 0 aromatic carbocycles. The number of aryl methyl sites for hydroxylation is 1. The molecule has 0 N–H and O–H groups in total. The smallest absolute Gasteiger partial charge is 0.379 e. The quantitative estimate of drug-likeness (QED) is 0.538. The molecule has 0 radical (unpaired) electrons. The molecule has 7 nitrogen and oxygen atoms in total. The van der Waals surface area contributed by atoms with Gasteiger partial charge in [0.25, 0.3) is 0 Å². The van der Waals surface area contributed by atoms with Gasteiger partial charge in [-0.25, -0.2) is 0 Å². The van der Waals surface area contributed by atoms with Crippen molar-refractivity contribution in [2.45, 2.75) is 57.9 Å². The first-order valence-corrected chi connectivity index (χ1v) is 13.5. The lowest BCUT2D eigenvalue weighted by Crippen LogP contribution is -2.49. The van der Waals surface area contributed by atoms with Crippen LogP contribution in [0.3, 0.4) is 0 Å². The highest BCUT2D eigenvalue weighted by atomic mass is 19.4. The van der Waals surface area contributed by atoms with Crippen LogP contribution in [0.1, 0.15) is 42.5 Å². The molecule has 4 aliphatic rings. The molecular weight excluding hydrogens is 499 g/mol. The lowest BCUT2D eigenvalue weighted by Gasteiger charge is -2.37. The normalized spacial score (nSPS) is 31.5. The van der Waals surface area contributed by atoms with E-state index < -0.39 is 17.5 Å². The van der Waals surface area contributed by atoms with Gasteiger partial charge in [0, 0.05) is 70.4 Å². The first kappa shape index (κ1) is 27.1. The van der Waals surface area contributed by atoms with E-state index >= 15 is 0 Å². The number of nitrogens with zero attached hydrogens (tertiary/aromatic N) is 3. The number of carbonyl (C=O) groups excluding carboxylic acids is 2. The Balaban J connectivity index is 1.37. The summed E-state index contributed by atoms with van der Waals surface area (Å²) in [5.74, 6) is -0.126. The minimum Gasteiger partial charge on any atom is -0.379 e. The second-order valence-electron chi connectivity index (χ2n) is 11.5. The molecule has 3 fully saturated rings. The number of hydrogen-bond acceptors (Lipinski definition) is 5. The summed E-state index contributed by atoms with van der Waals surface area (Å²) in [6.45, 7) is 4.71. The Bertz CT molecular complexity index is 1090. The molecule has 1 aromatic heterocycles. The number of pyridine rings is 1. The molecule has 5 atom stereocenters. The van der Waals surface area contributed by atoms with Crippen molar-refractivity contribution >= 4 is 11.8 Å². The van der Waals surface area contributed by atoms with Gasteiger partial charge in [0.15, 0.2) is 0 Å². The molecule has 2 unspecified atom stereocenters. The summed E-state index contributed by atoms with van der Waals surface area (Å²) in [7, 11) is 1.70. The Kier molecular flexibility index (Phi) is 7.57. The van der Waals surface area contributed by atoms with Crippen LogP contribution in [-0.4, -0.2) is 78.8 Å². The molecule has 2 saturated heterocycles. The van der Waals surface area contributed by atoms with Gasteiger partial charge in [-0.3, -0.25) is 14.6 Å². The molecule has 38 heavy (non-hydrogen) atoms. The third-order valence-electron chi connectivity index (χ3n) is 8.96. The van der Waals surface area contributed by atoms with Gasteiger partial charge >= 0.3 is 6.18 Å². The molecule has 1 saturated carbocycles. The second-order valence-corrected chi connectivity index (χ2v) is 11.5. The van der Waals surface area contributed by atoms with Crippen molar-refractivity contribution < 1.29 is 32.2 Å². The molecule has 208 valence electrons. The number of ether oxygens (including phenoxy) is 2. The number of fused-ring (bicyclic) bond motifs is 2. The van der Waals surface area contributed by atoms with Crippen molar-refractivity contribution in [3.8, 4) is 0 Å². The first-order chi connectivity index (χ1) is 18.1. The predicted octanol–water partition coefficient (Wildman–Crippen LogP) is 3.69. The van der Waals surface area contributed by atoms with E-state index in [0.29, 0.717) is 57.7 Å². The van der Waals surface area contributed by atoms with Crippen LogP contribution in [0.2, 0.25) is 0 Å². The number of carbonyl (C=O) groups is 2. The number of likely N-dealkylation sites (tertiary alicyclic amines) is 1. The lowest BCUT2D eigenvalue weighted by atomic mass is 9.78. The zero-order valence-corrected chi connectivity index (χ0v) is 22.0. The maximum Gasteiger partial charge on any atom is 0.409 e. The molecule has 2 amide bonds. The number of allylic oxidation sites excluding steroid dienone is 1. The van der Waals surface area contributed by atoms with Crippen molar-refractivity contribution in [1.29, 1.82) is 0 Å². The summed E-state index contributed by atoms with van der Waals surface area (Å²) in [6, 6.07) is 2.07. The fourth-order valence-corrected chi connectivity index (χ4v) is 7.20. The summed E-state index contributed by atoms with van der Waals surface area (Å²) in [5.41, 5.74) is 2.29. The third kappa shape index (κ3) is 5.47. The Hall–Kier alpha value is -2.46. The predicted molar refractivity (Wildman–Crippen MR) is 133 cm³/mol. The van der Waals surface area contributed by atoms with Gasteiger partial charge in [0.05, 0.1) is 18.1 Å². The van der Waals surface area contributed by atoms with Crippen molar-refractivity contribution in [3.05, 3.63) is 41.2 Å². The minimum atomic E-state index is -4.56. The van der Waals surface area contributed by atoms with Crippen LogP contribution in [-0.2, 0) is 32.0 Å². The summed E-state index contributed by atoms with van der Waals surface area (Å²) < 4.78 is 49.4. The summed E-state index contributed by atoms with van der Waals surface area (Å²) >= 11 is 0. The largest absolute Gasteiger partial charge is 0.409 e. The number of alkyl halides is 3. The number of rotatable bonds is 5. The molecule has 1 aromatic rings. The van der Waals surface area contributed by atoms with E-state index in [-0.39, 0.29) is 36.5 Å². The van der Waals surface area contributed by atoms with Crippen LogP contribution < -0.4 is 0 Å². The van der Waals surface area contributed by atoms with E-state index in [1.54, 1.807) is 7.11 Å². The Morgan fingerprint density at radius 2 is 2.13 bits per heavy atom. The van der Waals surface area contributed by atoms with E-state index in [0.717, 1.165) is 36.1 Å². The number of aromatic nitrogens is 1. The number of halogens is 3. The highest BCUT2D eigenvalue weighted by molar-refractivity contribution is 5.90. The molecule has 1 aliphatic carbocycles. The van der Waals surface area contributed by atoms with Gasteiger partial charge < -0.3 is 19.3 Å². The van der Waals surface area contributed by atoms with Gasteiger partial charge in [0.1, 0.15) is 0 Å². The Morgan fingerprint density at radius 1 is 1.32 bits per heavy atom. The molecule has 10 heteroatoms. The summed E-state index contributed by atoms with van der Waals surface area (Å²) in [5, 5.41) is 0. The SMILES string of the molecule is COC1COCCC1C[C@@H]1C[C@H]2CN(C(=O)/C=C/C(F)(F)F)C[C@@]2(C(=O)N2CCc3ncc(C)cc3C2)C1. The average molecular weight is 536 g/mol. The molecule has 3 aliphatic heterocycles. The highest BCUT2D eigenvalue weighted by Crippen LogP contribution is 2.54. The maximum atomic E-state index is 14.3. The third-order valence-corrected chi connectivity index (χ3v) is 8.96. The van der Waals surface area contributed by atoms with E-state index in [1.165, 1.54) is 4.90 Å².